The molecule has 1 amide bonds. The van der Waals surface area contributed by atoms with Crippen LogP contribution in [-0.4, -0.2) is 19.6 Å². The van der Waals surface area contributed by atoms with E-state index in [1.807, 2.05) is 0 Å². The molecule has 0 unspecified atom stereocenters. The van der Waals surface area contributed by atoms with Crippen molar-refractivity contribution in [3.8, 4) is 5.75 Å². The number of nitrogens with one attached hydrogen (secondary N) is 2. The molecule has 0 saturated carbocycles. The first-order chi connectivity index (χ1) is 10.7. The topological polar surface area (TPSA) is 50.4 Å². The maximum atomic E-state index is 13.4. The zero-order valence-electron chi connectivity index (χ0n) is 12.4. The Morgan fingerprint density at radius 1 is 1.14 bits per heavy atom. The smallest absolute Gasteiger partial charge is 0.225 e. The molecule has 0 bridgehead atoms. The number of carbonyl (C=O) groups is 1. The fourth-order valence-electron chi connectivity index (χ4n) is 1.96. The minimum atomic E-state index is -0.238. The molecule has 0 aliphatic heterocycles. The lowest BCUT2D eigenvalue weighted by Gasteiger charge is -2.08. The number of hydrogen-bond acceptors (Lipinski definition) is 3. The predicted octanol–water partition coefficient (Wildman–Crippen LogP) is 2.95. The molecule has 0 radical (unpaired) electrons. The van der Waals surface area contributed by atoms with Gasteiger partial charge in [0.2, 0.25) is 5.91 Å². The third-order valence-corrected chi connectivity index (χ3v) is 3.18. The van der Waals surface area contributed by atoms with E-state index >= 15 is 0 Å². The first-order valence-electron chi connectivity index (χ1n) is 7.07. The van der Waals surface area contributed by atoms with E-state index in [9.17, 15) is 9.18 Å². The summed E-state index contributed by atoms with van der Waals surface area (Å²) in [5.74, 6) is 0.411. The normalized spacial score (nSPS) is 10.3. The average Bonchev–Trinajstić information content (AvgIpc) is 2.54. The Labute approximate surface area is 129 Å². The fraction of sp³-hybridized carbons (Fsp3) is 0.235. The van der Waals surface area contributed by atoms with Gasteiger partial charge in [-0.15, -0.1) is 0 Å². The van der Waals surface area contributed by atoms with Crippen LogP contribution < -0.4 is 15.4 Å². The van der Waals surface area contributed by atoms with Crippen LogP contribution >= 0.6 is 0 Å². The molecule has 0 atom stereocenters. The molecule has 2 rings (SSSR count). The van der Waals surface area contributed by atoms with Crippen LogP contribution in [0.3, 0.4) is 0 Å². The summed E-state index contributed by atoms with van der Waals surface area (Å²) in [6.45, 7) is 0.888. The molecular formula is C17H19FN2O2. The van der Waals surface area contributed by atoms with E-state index in [-0.39, 0.29) is 11.7 Å². The molecule has 116 valence electrons. The third-order valence-electron chi connectivity index (χ3n) is 3.18. The van der Waals surface area contributed by atoms with E-state index in [1.165, 1.54) is 6.07 Å². The highest BCUT2D eigenvalue weighted by Gasteiger charge is 2.04. The van der Waals surface area contributed by atoms with Crippen molar-refractivity contribution in [2.45, 2.75) is 13.0 Å². The van der Waals surface area contributed by atoms with Crippen molar-refractivity contribution in [3.05, 3.63) is 59.9 Å². The Morgan fingerprint density at radius 2 is 1.86 bits per heavy atom. The lowest BCUT2D eigenvalue weighted by molar-refractivity contribution is -0.116. The van der Waals surface area contributed by atoms with E-state index in [4.69, 9.17) is 4.74 Å². The number of anilines is 1. The van der Waals surface area contributed by atoms with Crippen molar-refractivity contribution in [1.82, 2.24) is 5.32 Å². The summed E-state index contributed by atoms with van der Waals surface area (Å²) in [6.07, 6.45) is 0.320. The Kier molecular flexibility index (Phi) is 5.91. The van der Waals surface area contributed by atoms with Crippen LogP contribution in [0.25, 0.3) is 0 Å². The van der Waals surface area contributed by atoms with Crippen LogP contribution in [0.5, 0.6) is 5.75 Å². The molecule has 2 aromatic carbocycles. The van der Waals surface area contributed by atoms with Crippen LogP contribution in [0.1, 0.15) is 12.0 Å². The average molecular weight is 302 g/mol. The van der Waals surface area contributed by atoms with Crippen LogP contribution in [-0.2, 0) is 11.3 Å². The highest BCUT2D eigenvalue weighted by molar-refractivity contribution is 5.90. The van der Waals surface area contributed by atoms with Gasteiger partial charge in [-0.25, -0.2) is 4.39 Å². The van der Waals surface area contributed by atoms with Gasteiger partial charge in [-0.05, 0) is 30.3 Å². The summed E-state index contributed by atoms with van der Waals surface area (Å²) in [4.78, 5) is 11.8. The molecule has 4 nitrogen and oxygen atoms in total. The largest absolute Gasteiger partial charge is 0.497 e. The van der Waals surface area contributed by atoms with Crippen molar-refractivity contribution >= 4 is 11.6 Å². The number of benzene rings is 2. The molecule has 0 fully saturated rings. The molecule has 0 aliphatic carbocycles. The molecule has 5 heteroatoms. The van der Waals surface area contributed by atoms with Crippen molar-refractivity contribution in [3.63, 3.8) is 0 Å². The van der Waals surface area contributed by atoms with Gasteiger partial charge in [0.05, 0.1) is 7.11 Å². The summed E-state index contributed by atoms with van der Waals surface area (Å²) in [5.41, 5.74) is 1.32. The molecule has 2 aromatic rings. The molecule has 0 aromatic heterocycles. The molecular weight excluding hydrogens is 283 g/mol. The SMILES string of the molecule is COc1ccc(NC(=O)CCNCc2ccccc2F)cc1. The van der Waals surface area contributed by atoms with Gasteiger partial charge < -0.3 is 15.4 Å². The lowest BCUT2D eigenvalue weighted by Crippen LogP contribution is -2.21. The molecule has 0 heterocycles. The summed E-state index contributed by atoms with van der Waals surface area (Å²) in [6, 6.07) is 13.7. The van der Waals surface area contributed by atoms with Crippen molar-refractivity contribution < 1.29 is 13.9 Å². The van der Waals surface area contributed by atoms with Gasteiger partial charge in [-0.2, -0.15) is 0 Å². The second-order valence-corrected chi connectivity index (χ2v) is 4.79. The molecule has 22 heavy (non-hydrogen) atoms. The Bertz CT molecular complexity index is 614. The zero-order chi connectivity index (χ0) is 15.8. The van der Waals surface area contributed by atoms with E-state index in [1.54, 1.807) is 49.6 Å². The lowest BCUT2D eigenvalue weighted by atomic mass is 10.2. The van der Waals surface area contributed by atoms with Crippen molar-refractivity contribution in [2.24, 2.45) is 0 Å². The van der Waals surface area contributed by atoms with Gasteiger partial charge in [-0.1, -0.05) is 18.2 Å². The van der Waals surface area contributed by atoms with E-state index in [0.717, 1.165) is 11.4 Å². The standard InChI is InChI=1S/C17H19FN2O2/c1-22-15-8-6-14(7-9-15)20-17(21)10-11-19-12-13-4-2-3-5-16(13)18/h2-9,19H,10-12H2,1H3,(H,20,21). The number of carbonyl (C=O) groups excluding carboxylic acids is 1. The van der Waals surface area contributed by atoms with E-state index in [2.05, 4.69) is 10.6 Å². The van der Waals surface area contributed by atoms with Crippen LogP contribution in [0, 0.1) is 5.82 Å². The fourth-order valence-corrected chi connectivity index (χ4v) is 1.96. The third kappa shape index (κ3) is 4.86. The van der Waals surface area contributed by atoms with Gasteiger partial charge in [0.25, 0.3) is 0 Å². The summed E-state index contributed by atoms with van der Waals surface area (Å²) in [5, 5.41) is 5.85. The molecule has 0 aliphatic rings. The maximum Gasteiger partial charge on any atom is 0.225 e. The number of rotatable bonds is 7. The predicted molar refractivity (Wildman–Crippen MR) is 84.3 cm³/mol. The van der Waals surface area contributed by atoms with E-state index in [0.29, 0.717) is 25.1 Å². The summed E-state index contributed by atoms with van der Waals surface area (Å²) >= 11 is 0. The minimum absolute atomic E-state index is 0.0915. The molecule has 0 saturated heterocycles. The summed E-state index contributed by atoms with van der Waals surface area (Å²) < 4.78 is 18.4. The van der Waals surface area contributed by atoms with Crippen LogP contribution in [0.2, 0.25) is 0 Å². The Balaban J connectivity index is 1.70. The summed E-state index contributed by atoms with van der Waals surface area (Å²) in [7, 11) is 1.59. The van der Waals surface area contributed by atoms with Crippen molar-refractivity contribution in [1.29, 1.82) is 0 Å². The van der Waals surface area contributed by atoms with Crippen LogP contribution in [0.4, 0.5) is 10.1 Å². The van der Waals surface area contributed by atoms with Crippen molar-refractivity contribution in [2.75, 3.05) is 19.0 Å². The Hall–Kier alpha value is -2.40. The second-order valence-electron chi connectivity index (χ2n) is 4.79. The van der Waals surface area contributed by atoms with Gasteiger partial charge in [0.1, 0.15) is 11.6 Å². The first kappa shape index (κ1) is 16.0. The monoisotopic (exact) mass is 302 g/mol. The molecule has 0 spiro atoms. The quantitative estimate of drug-likeness (QED) is 0.773. The highest BCUT2D eigenvalue weighted by Crippen LogP contribution is 2.15. The van der Waals surface area contributed by atoms with Gasteiger partial charge in [0, 0.05) is 30.8 Å². The van der Waals surface area contributed by atoms with Gasteiger partial charge in [-0.3, -0.25) is 4.79 Å². The zero-order valence-corrected chi connectivity index (χ0v) is 12.4. The number of methoxy groups -OCH3 is 1. The molecule has 2 N–H and O–H groups in total. The number of ether oxygens (including phenoxy) is 1. The first-order valence-corrected chi connectivity index (χ1v) is 7.07. The Morgan fingerprint density at radius 3 is 2.55 bits per heavy atom. The van der Waals surface area contributed by atoms with E-state index < -0.39 is 0 Å². The highest BCUT2D eigenvalue weighted by atomic mass is 19.1. The minimum Gasteiger partial charge on any atom is -0.497 e. The second kappa shape index (κ2) is 8.14. The maximum absolute atomic E-state index is 13.4. The van der Waals surface area contributed by atoms with Crippen LogP contribution in [0.15, 0.2) is 48.5 Å². The van der Waals surface area contributed by atoms with Gasteiger partial charge in [0.15, 0.2) is 0 Å². The number of halogens is 1. The van der Waals surface area contributed by atoms with Gasteiger partial charge >= 0.3 is 0 Å². The number of hydrogen-bond donors (Lipinski definition) is 2. The number of amides is 1.